The van der Waals surface area contributed by atoms with Gasteiger partial charge in [-0.3, -0.25) is 10.1 Å². The van der Waals surface area contributed by atoms with E-state index in [4.69, 9.17) is 4.74 Å². The number of aromatic amines is 1. The minimum Gasteiger partial charge on any atom is -0.462 e. The van der Waals surface area contributed by atoms with Crippen molar-refractivity contribution in [3.8, 4) is 0 Å². The summed E-state index contributed by atoms with van der Waals surface area (Å²) < 4.78 is 7.15. The van der Waals surface area contributed by atoms with Crippen LogP contribution in [-0.2, 0) is 11.3 Å². The highest BCUT2D eigenvalue weighted by atomic mass is 16.5. The first-order valence-corrected chi connectivity index (χ1v) is 10.8. The summed E-state index contributed by atoms with van der Waals surface area (Å²) in [6.45, 7) is 13.3. The molecule has 0 radical (unpaired) electrons. The quantitative estimate of drug-likeness (QED) is 0.510. The van der Waals surface area contributed by atoms with Gasteiger partial charge in [0.2, 0.25) is 5.95 Å². The van der Waals surface area contributed by atoms with E-state index in [9.17, 15) is 9.59 Å². The smallest absolute Gasteiger partial charge is 0.340 e. The van der Waals surface area contributed by atoms with Gasteiger partial charge in [0, 0.05) is 18.8 Å². The molecule has 166 valence electrons. The second-order valence-corrected chi connectivity index (χ2v) is 7.40. The lowest BCUT2D eigenvalue weighted by molar-refractivity contribution is 0.0525. The molecule has 0 aliphatic rings. The number of H-pyrrole nitrogens is 1. The Bertz CT molecular complexity index is 1080. The van der Waals surface area contributed by atoms with Crippen LogP contribution in [-0.4, -0.2) is 57.6 Å². The number of aromatic nitrogens is 3. The van der Waals surface area contributed by atoms with Crippen molar-refractivity contribution in [1.82, 2.24) is 19.4 Å². The van der Waals surface area contributed by atoms with Crippen molar-refractivity contribution in [2.45, 2.75) is 41.2 Å². The van der Waals surface area contributed by atoms with E-state index < -0.39 is 5.97 Å². The van der Waals surface area contributed by atoms with Crippen molar-refractivity contribution in [3.05, 3.63) is 46.8 Å². The fraction of sp³-hybridized carbons (Fsp3) is 0.435. The number of para-hydroxylation sites is 2. The number of fused-ring (bicyclic) bond motifs is 1. The van der Waals surface area contributed by atoms with Crippen molar-refractivity contribution in [3.63, 3.8) is 0 Å². The highest BCUT2D eigenvalue weighted by Gasteiger charge is 2.24. The molecule has 0 fully saturated rings. The minimum absolute atomic E-state index is 0.279. The number of anilines is 1. The van der Waals surface area contributed by atoms with Crippen LogP contribution in [0.1, 0.15) is 52.9 Å². The van der Waals surface area contributed by atoms with Gasteiger partial charge in [0.25, 0.3) is 5.91 Å². The number of hydrogen-bond acceptors (Lipinski definition) is 5. The molecule has 0 unspecified atom stereocenters. The normalized spacial score (nSPS) is 11.3. The lowest BCUT2D eigenvalue weighted by Crippen LogP contribution is -2.28. The Morgan fingerprint density at radius 2 is 1.87 bits per heavy atom. The number of amides is 1. The molecule has 1 amide bonds. The molecule has 2 N–H and O–H groups in total. The highest BCUT2D eigenvalue weighted by molar-refractivity contribution is 6.06. The third kappa shape index (κ3) is 4.64. The Kier molecular flexibility index (Phi) is 7.12. The van der Waals surface area contributed by atoms with Gasteiger partial charge in [0.15, 0.2) is 0 Å². The Morgan fingerprint density at radius 3 is 2.55 bits per heavy atom. The summed E-state index contributed by atoms with van der Waals surface area (Å²) in [7, 11) is 0. The molecule has 8 nitrogen and oxygen atoms in total. The van der Waals surface area contributed by atoms with Crippen LogP contribution in [0.5, 0.6) is 0 Å². The highest BCUT2D eigenvalue weighted by Crippen LogP contribution is 2.23. The van der Waals surface area contributed by atoms with Crippen LogP contribution in [0.15, 0.2) is 24.3 Å². The van der Waals surface area contributed by atoms with Crippen LogP contribution in [0.3, 0.4) is 0 Å². The van der Waals surface area contributed by atoms with Crippen LogP contribution < -0.4 is 5.32 Å². The van der Waals surface area contributed by atoms with E-state index in [1.807, 2.05) is 28.8 Å². The molecule has 0 bridgehead atoms. The van der Waals surface area contributed by atoms with Crippen molar-refractivity contribution in [1.29, 1.82) is 0 Å². The number of carbonyl (C=O) groups is 2. The molecule has 3 rings (SSSR count). The fourth-order valence-corrected chi connectivity index (χ4v) is 3.83. The van der Waals surface area contributed by atoms with Gasteiger partial charge in [0.1, 0.15) is 5.69 Å². The number of benzene rings is 1. The molecule has 8 heteroatoms. The van der Waals surface area contributed by atoms with Crippen LogP contribution >= 0.6 is 0 Å². The van der Waals surface area contributed by atoms with Crippen LogP contribution in [0.4, 0.5) is 5.95 Å². The standard InChI is InChI=1S/C23H31N5O3/c1-6-27(7-2)13-14-28-18-12-10-9-11-17(18)25-23(28)26-21(29)20-15(4)19(16(5)24-20)22(30)31-8-3/h9-12,24H,6-8,13-14H2,1-5H3,(H,25,26,29). The number of nitrogens with zero attached hydrogens (tertiary/aromatic N) is 3. The number of rotatable bonds is 9. The molecule has 1 aromatic carbocycles. The monoisotopic (exact) mass is 425 g/mol. The third-order valence-electron chi connectivity index (χ3n) is 5.56. The van der Waals surface area contributed by atoms with Gasteiger partial charge in [-0.2, -0.15) is 0 Å². The first-order chi connectivity index (χ1) is 14.9. The molecule has 2 heterocycles. The van der Waals surface area contributed by atoms with Crippen LogP contribution in [0.25, 0.3) is 11.0 Å². The van der Waals surface area contributed by atoms with E-state index in [0.29, 0.717) is 35.0 Å². The number of carbonyl (C=O) groups excluding carboxylic acids is 2. The predicted octanol–water partition coefficient (Wildman–Crippen LogP) is 3.75. The summed E-state index contributed by atoms with van der Waals surface area (Å²) in [5, 5.41) is 2.94. The average Bonchev–Trinajstić information content (AvgIpc) is 3.25. The molecule has 0 atom stereocenters. The van der Waals surface area contributed by atoms with Gasteiger partial charge >= 0.3 is 5.97 Å². The average molecular weight is 426 g/mol. The number of ether oxygens (including phenoxy) is 1. The molecule has 0 aliphatic carbocycles. The summed E-state index contributed by atoms with van der Waals surface area (Å²) in [6, 6.07) is 7.83. The van der Waals surface area contributed by atoms with E-state index in [1.54, 1.807) is 20.8 Å². The molecule has 2 aromatic heterocycles. The van der Waals surface area contributed by atoms with Crippen molar-refractivity contribution in [2.24, 2.45) is 0 Å². The molecule has 3 aromatic rings. The number of hydrogen-bond donors (Lipinski definition) is 2. The zero-order valence-electron chi connectivity index (χ0n) is 18.9. The van der Waals surface area contributed by atoms with Gasteiger partial charge in [0.05, 0.1) is 23.2 Å². The van der Waals surface area contributed by atoms with Gasteiger partial charge in [-0.25, -0.2) is 9.78 Å². The van der Waals surface area contributed by atoms with Crippen molar-refractivity contribution >= 4 is 28.9 Å². The van der Waals surface area contributed by atoms with E-state index in [-0.39, 0.29) is 12.5 Å². The summed E-state index contributed by atoms with van der Waals surface area (Å²) in [5.41, 5.74) is 3.71. The van der Waals surface area contributed by atoms with E-state index in [1.165, 1.54) is 0 Å². The molecule has 0 aliphatic heterocycles. The summed E-state index contributed by atoms with van der Waals surface area (Å²) in [5.74, 6) is -0.280. The van der Waals surface area contributed by atoms with Crippen molar-refractivity contribution in [2.75, 3.05) is 31.6 Å². The summed E-state index contributed by atoms with van der Waals surface area (Å²) >= 11 is 0. The number of aryl methyl sites for hydroxylation is 1. The molecule has 0 spiro atoms. The topological polar surface area (TPSA) is 92.2 Å². The van der Waals surface area contributed by atoms with Gasteiger partial charge in [-0.1, -0.05) is 26.0 Å². The maximum atomic E-state index is 13.1. The number of imidazole rings is 1. The molecular formula is C23H31N5O3. The second kappa shape index (κ2) is 9.78. The molecule has 0 saturated carbocycles. The van der Waals surface area contributed by atoms with Gasteiger partial charge < -0.3 is 19.2 Å². The number of likely N-dealkylation sites (N-methyl/N-ethyl adjacent to an activating group) is 1. The Morgan fingerprint density at radius 1 is 1.16 bits per heavy atom. The Labute approximate surface area is 182 Å². The lowest BCUT2D eigenvalue weighted by Gasteiger charge is -2.19. The van der Waals surface area contributed by atoms with Crippen LogP contribution in [0, 0.1) is 13.8 Å². The summed E-state index contributed by atoms with van der Waals surface area (Å²) in [6.07, 6.45) is 0. The molecule has 31 heavy (non-hydrogen) atoms. The summed E-state index contributed by atoms with van der Waals surface area (Å²) in [4.78, 5) is 35.4. The third-order valence-corrected chi connectivity index (χ3v) is 5.56. The zero-order valence-corrected chi connectivity index (χ0v) is 18.9. The fourth-order valence-electron chi connectivity index (χ4n) is 3.83. The molecule has 0 saturated heterocycles. The Hall–Kier alpha value is -3.13. The SMILES string of the molecule is CCOC(=O)c1c(C)[nH]c(C(=O)Nc2nc3ccccc3n2CCN(CC)CC)c1C. The van der Waals surface area contributed by atoms with E-state index >= 15 is 0 Å². The van der Waals surface area contributed by atoms with E-state index in [0.717, 1.165) is 30.7 Å². The molecular weight excluding hydrogens is 394 g/mol. The minimum atomic E-state index is -0.431. The maximum absolute atomic E-state index is 13.1. The maximum Gasteiger partial charge on any atom is 0.340 e. The van der Waals surface area contributed by atoms with Gasteiger partial charge in [-0.15, -0.1) is 0 Å². The van der Waals surface area contributed by atoms with Crippen molar-refractivity contribution < 1.29 is 14.3 Å². The first kappa shape index (κ1) is 22.6. The largest absolute Gasteiger partial charge is 0.462 e. The first-order valence-electron chi connectivity index (χ1n) is 10.8. The number of nitrogens with one attached hydrogen (secondary N) is 2. The lowest BCUT2D eigenvalue weighted by atomic mass is 10.1. The van der Waals surface area contributed by atoms with Crippen LogP contribution in [0.2, 0.25) is 0 Å². The number of esters is 1. The second-order valence-electron chi connectivity index (χ2n) is 7.40. The Balaban J connectivity index is 1.91. The van der Waals surface area contributed by atoms with Gasteiger partial charge in [-0.05, 0) is 51.6 Å². The van der Waals surface area contributed by atoms with E-state index in [2.05, 4.69) is 34.0 Å². The predicted molar refractivity (Wildman–Crippen MR) is 122 cm³/mol. The zero-order chi connectivity index (χ0) is 22.5.